The van der Waals surface area contributed by atoms with Crippen LogP contribution < -0.4 is 16.0 Å². The van der Waals surface area contributed by atoms with Crippen LogP contribution in [0.2, 0.25) is 0 Å². The van der Waals surface area contributed by atoms with Crippen molar-refractivity contribution >= 4 is 29.5 Å². The molecule has 0 saturated carbocycles. The largest absolute Gasteiger partial charge is 0.345 e. The van der Waals surface area contributed by atoms with E-state index in [2.05, 4.69) is 16.0 Å². The standard InChI is InChI=1S/C23H27N3O3/c1-15-12-16(2)22(17(3)13-15)26-21(28)14-24-23(29)18(4)25-20(27)11-10-19-8-6-5-7-9-19/h5-13,18H,14H2,1-4H3,(H,24,29)(H,25,27)(H,26,28). The van der Waals surface area contributed by atoms with Crippen LogP contribution in [0.1, 0.15) is 29.2 Å². The Bertz CT molecular complexity index is 897. The maximum atomic E-state index is 12.2. The van der Waals surface area contributed by atoms with Crippen molar-refractivity contribution in [3.05, 3.63) is 70.8 Å². The van der Waals surface area contributed by atoms with E-state index in [1.807, 2.05) is 63.2 Å². The summed E-state index contributed by atoms with van der Waals surface area (Å²) in [6.07, 6.45) is 3.04. The fraction of sp³-hybridized carbons (Fsp3) is 0.261. The molecule has 0 aliphatic rings. The second kappa shape index (κ2) is 10.2. The lowest BCUT2D eigenvalue weighted by Crippen LogP contribution is -2.46. The Morgan fingerprint density at radius 3 is 2.24 bits per heavy atom. The molecule has 0 aromatic heterocycles. The SMILES string of the molecule is Cc1cc(C)c(NC(=O)CNC(=O)C(C)NC(=O)C=Cc2ccccc2)c(C)c1. The Hall–Kier alpha value is -3.41. The third-order valence-electron chi connectivity index (χ3n) is 4.34. The summed E-state index contributed by atoms with van der Waals surface area (Å²) < 4.78 is 0. The molecular formula is C23H27N3O3. The molecule has 0 bridgehead atoms. The number of rotatable bonds is 7. The molecule has 3 N–H and O–H groups in total. The second-order valence-corrected chi connectivity index (χ2v) is 7.01. The quantitative estimate of drug-likeness (QED) is 0.632. The lowest BCUT2D eigenvalue weighted by molar-refractivity contribution is -0.127. The highest BCUT2D eigenvalue weighted by Crippen LogP contribution is 2.21. The zero-order valence-electron chi connectivity index (χ0n) is 17.2. The smallest absolute Gasteiger partial charge is 0.244 e. The van der Waals surface area contributed by atoms with Crippen molar-refractivity contribution < 1.29 is 14.4 Å². The van der Waals surface area contributed by atoms with Gasteiger partial charge in [0.2, 0.25) is 17.7 Å². The Balaban J connectivity index is 1.81. The number of carbonyl (C=O) groups is 3. The summed E-state index contributed by atoms with van der Waals surface area (Å²) >= 11 is 0. The van der Waals surface area contributed by atoms with Crippen LogP contribution in [0.5, 0.6) is 0 Å². The van der Waals surface area contributed by atoms with Crippen LogP contribution in [0, 0.1) is 20.8 Å². The van der Waals surface area contributed by atoms with E-state index in [1.54, 1.807) is 13.0 Å². The number of hydrogen-bond acceptors (Lipinski definition) is 3. The molecule has 2 aromatic rings. The summed E-state index contributed by atoms with van der Waals surface area (Å²) in [6.45, 7) is 7.24. The first-order valence-corrected chi connectivity index (χ1v) is 9.45. The van der Waals surface area contributed by atoms with Gasteiger partial charge in [-0.15, -0.1) is 0 Å². The number of carbonyl (C=O) groups excluding carboxylic acids is 3. The molecule has 0 fully saturated rings. The van der Waals surface area contributed by atoms with Gasteiger partial charge in [0.25, 0.3) is 0 Å². The normalized spacial score (nSPS) is 11.7. The summed E-state index contributed by atoms with van der Waals surface area (Å²) in [7, 11) is 0. The molecule has 6 heteroatoms. The van der Waals surface area contributed by atoms with E-state index < -0.39 is 11.9 Å². The van der Waals surface area contributed by atoms with Gasteiger partial charge in [-0.1, -0.05) is 48.0 Å². The van der Waals surface area contributed by atoms with Crippen molar-refractivity contribution in [3.8, 4) is 0 Å². The van der Waals surface area contributed by atoms with Gasteiger partial charge in [0.05, 0.1) is 6.54 Å². The van der Waals surface area contributed by atoms with Crippen LogP contribution in [-0.2, 0) is 14.4 Å². The molecule has 29 heavy (non-hydrogen) atoms. The fourth-order valence-electron chi connectivity index (χ4n) is 2.94. The predicted octanol–water partition coefficient (Wildman–Crippen LogP) is 2.88. The van der Waals surface area contributed by atoms with Crippen molar-refractivity contribution in [3.63, 3.8) is 0 Å². The van der Waals surface area contributed by atoms with Crippen molar-refractivity contribution in [1.29, 1.82) is 0 Å². The van der Waals surface area contributed by atoms with Crippen LogP contribution >= 0.6 is 0 Å². The fourth-order valence-corrected chi connectivity index (χ4v) is 2.94. The number of anilines is 1. The molecule has 1 unspecified atom stereocenters. The van der Waals surface area contributed by atoms with E-state index in [1.165, 1.54) is 6.08 Å². The lowest BCUT2D eigenvalue weighted by atomic mass is 10.1. The van der Waals surface area contributed by atoms with Gasteiger partial charge in [-0.3, -0.25) is 14.4 Å². The van der Waals surface area contributed by atoms with Crippen molar-refractivity contribution in [2.24, 2.45) is 0 Å². The van der Waals surface area contributed by atoms with Gasteiger partial charge in [0.15, 0.2) is 0 Å². The Kier molecular flexibility index (Phi) is 7.71. The molecule has 0 radical (unpaired) electrons. The van der Waals surface area contributed by atoms with E-state index in [9.17, 15) is 14.4 Å². The number of aryl methyl sites for hydroxylation is 3. The minimum Gasteiger partial charge on any atom is -0.345 e. The Morgan fingerprint density at radius 1 is 1.00 bits per heavy atom. The molecule has 152 valence electrons. The number of amides is 3. The van der Waals surface area contributed by atoms with Crippen molar-refractivity contribution in [2.45, 2.75) is 33.7 Å². The molecule has 1 atom stereocenters. The predicted molar refractivity (Wildman–Crippen MR) is 115 cm³/mol. The van der Waals surface area contributed by atoms with Crippen LogP contribution in [0.4, 0.5) is 5.69 Å². The van der Waals surface area contributed by atoms with Crippen LogP contribution in [0.25, 0.3) is 6.08 Å². The highest BCUT2D eigenvalue weighted by Gasteiger charge is 2.16. The first-order valence-electron chi connectivity index (χ1n) is 9.45. The molecule has 3 amide bonds. The van der Waals surface area contributed by atoms with Crippen LogP contribution in [-0.4, -0.2) is 30.3 Å². The topological polar surface area (TPSA) is 87.3 Å². The molecule has 6 nitrogen and oxygen atoms in total. The third kappa shape index (κ3) is 6.92. The van der Waals surface area contributed by atoms with E-state index >= 15 is 0 Å². The summed E-state index contributed by atoms with van der Waals surface area (Å²) in [5, 5.41) is 7.95. The van der Waals surface area contributed by atoms with E-state index in [0.29, 0.717) is 0 Å². The van der Waals surface area contributed by atoms with E-state index in [4.69, 9.17) is 0 Å². The van der Waals surface area contributed by atoms with Crippen molar-refractivity contribution in [2.75, 3.05) is 11.9 Å². The molecule has 2 aromatic carbocycles. The maximum Gasteiger partial charge on any atom is 0.244 e. The van der Waals surface area contributed by atoms with E-state index in [-0.39, 0.29) is 18.4 Å². The van der Waals surface area contributed by atoms with Crippen LogP contribution in [0.3, 0.4) is 0 Å². The molecule has 2 rings (SSSR count). The summed E-state index contributed by atoms with van der Waals surface area (Å²) in [6, 6.07) is 12.6. The van der Waals surface area contributed by atoms with Gasteiger partial charge in [0, 0.05) is 11.8 Å². The minimum atomic E-state index is -0.765. The minimum absolute atomic E-state index is 0.175. The first-order chi connectivity index (χ1) is 13.8. The Labute approximate surface area is 171 Å². The molecule has 0 saturated heterocycles. The number of hydrogen-bond donors (Lipinski definition) is 3. The van der Waals surface area contributed by atoms with E-state index in [0.717, 1.165) is 27.9 Å². The Morgan fingerprint density at radius 2 is 1.62 bits per heavy atom. The summed E-state index contributed by atoms with van der Waals surface area (Å²) in [4.78, 5) is 36.3. The van der Waals surface area contributed by atoms with Gasteiger partial charge in [-0.05, 0) is 50.5 Å². The monoisotopic (exact) mass is 393 g/mol. The van der Waals surface area contributed by atoms with Gasteiger partial charge >= 0.3 is 0 Å². The van der Waals surface area contributed by atoms with Crippen LogP contribution in [0.15, 0.2) is 48.5 Å². The molecule has 0 aliphatic carbocycles. The molecule has 0 spiro atoms. The van der Waals surface area contributed by atoms with Gasteiger partial charge < -0.3 is 16.0 Å². The lowest BCUT2D eigenvalue weighted by Gasteiger charge is -2.15. The zero-order chi connectivity index (χ0) is 21.4. The average molecular weight is 393 g/mol. The first kappa shape index (κ1) is 21.9. The average Bonchev–Trinajstić information content (AvgIpc) is 2.68. The molecule has 0 aliphatic heterocycles. The number of nitrogens with one attached hydrogen (secondary N) is 3. The summed E-state index contributed by atoms with van der Waals surface area (Å²) in [5.74, 6) is -1.14. The second-order valence-electron chi connectivity index (χ2n) is 7.01. The van der Waals surface area contributed by atoms with Gasteiger partial charge in [0.1, 0.15) is 6.04 Å². The number of benzene rings is 2. The molecular weight excluding hydrogens is 366 g/mol. The highest BCUT2D eigenvalue weighted by atomic mass is 16.2. The van der Waals surface area contributed by atoms with Gasteiger partial charge in [-0.25, -0.2) is 0 Å². The summed E-state index contributed by atoms with van der Waals surface area (Å²) in [5.41, 5.74) is 4.69. The highest BCUT2D eigenvalue weighted by molar-refractivity contribution is 5.98. The third-order valence-corrected chi connectivity index (χ3v) is 4.34. The maximum absolute atomic E-state index is 12.2. The molecule has 0 heterocycles. The zero-order valence-corrected chi connectivity index (χ0v) is 17.2. The van der Waals surface area contributed by atoms with Crippen molar-refractivity contribution in [1.82, 2.24) is 10.6 Å². The van der Waals surface area contributed by atoms with Gasteiger partial charge in [-0.2, -0.15) is 0 Å².